The third-order valence-corrected chi connectivity index (χ3v) is 4.27. The normalized spacial score (nSPS) is 15.9. The predicted molar refractivity (Wildman–Crippen MR) is 79.5 cm³/mol. The highest BCUT2D eigenvalue weighted by molar-refractivity contribution is 5.93. The van der Waals surface area contributed by atoms with Crippen LogP contribution >= 0.6 is 0 Å². The van der Waals surface area contributed by atoms with Gasteiger partial charge in [0.15, 0.2) is 0 Å². The number of hydrogen-bond acceptors (Lipinski definition) is 4. The van der Waals surface area contributed by atoms with Crippen LogP contribution in [0.3, 0.4) is 0 Å². The highest BCUT2D eigenvalue weighted by atomic mass is 16.5. The summed E-state index contributed by atoms with van der Waals surface area (Å²) in [4.78, 5) is 14.0. The molecule has 20 heavy (non-hydrogen) atoms. The Morgan fingerprint density at radius 3 is 2.55 bits per heavy atom. The molecule has 0 unspecified atom stereocenters. The second-order valence-corrected chi connectivity index (χ2v) is 5.53. The Morgan fingerprint density at radius 2 is 1.95 bits per heavy atom. The van der Waals surface area contributed by atoms with Gasteiger partial charge in [0.2, 0.25) is 0 Å². The zero-order chi connectivity index (χ0) is 14.7. The van der Waals surface area contributed by atoms with Crippen LogP contribution in [-0.4, -0.2) is 31.3 Å². The molecule has 0 spiro atoms. The molecule has 110 valence electrons. The minimum atomic E-state index is -0.406. The Hall–Kier alpha value is -1.71. The second-order valence-electron chi connectivity index (χ2n) is 5.53. The van der Waals surface area contributed by atoms with Crippen LogP contribution in [0, 0.1) is 6.92 Å². The van der Waals surface area contributed by atoms with Gasteiger partial charge in [0.25, 0.3) is 0 Å². The van der Waals surface area contributed by atoms with Crippen LogP contribution in [0.25, 0.3) is 0 Å². The van der Waals surface area contributed by atoms with Gasteiger partial charge in [-0.3, -0.25) is 0 Å². The summed E-state index contributed by atoms with van der Waals surface area (Å²) in [7, 11) is 3.40. The first kappa shape index (κ1) is 14.7. The number of phenols is 1. The smallest absolute Gasteiger partial charge is 0.338 e. The molecular weight excluding hydrogens is 254 g/mol. The molecule has 1 fully saturated rings. The molecule has 1 aliphatic rings. The zero-order valence-corrected chi connectivity index (χ0v) is 12.5. The molecule has 4 heteroatoms. The average Bonchev–Trinajstić information content (AvgIpc) is 2.48. The van der Waals surface area contributed by atoms with Gasteiger partial charge in [-0.25, -0.2) is 4.79 Å². The van der Waals surface area contributed by atoms with Crippen LogP contribution in [0.2, 0.25) is 0 Å². The van der Waals surface area contributed by atoms with Crippen molar-refractivity contribution in [1.82, 2.24) is 0 Å². The number of ether oxygens (including phenoxy) is 1. The van der Waals surface area contributed by atoms with E-state index in [2.05, 4.69) is 4.90 Å². The van der Waals surface area contributed by atoms with Crippen molar-refractivity contribution in [3.05, 3.63) is 23.3 Å². The summed E-state index contributed by atoms with van der Waals surface area (Å²) in [6, 6.07) is 3.69. The minimum Gasteiger partial charge on any atom is -0.508 e. The van der Waals surface area contributed by atoms with Gasteiger partial charge in [-0.05, 0) is 31.4 Å². The second kappa shape index (κ2) is 6.16. The lowest BCUT2D eigenvalue weighted by atomic mass is 9.93. The van der Waals surface area contributed by atoms with E-state index in [0.717, 1.165) is 11.3 Å². The van der Waals surface area contributed by atoms with Crippen molar-refractivity contribution in [2.24, 2.45) is 0 Å². The molecule has 0 bridgehead atoms. The number of aromatic hydroxyl groups is 1. The van der Waals surface area contributed by atoms with E-state index < -0.39 is 5.97 Å². The largest absolute Gasteiger partial charge is 0.508 e. The van der Waals surface area contributed by atoms with Crippen LogP contribution in [0.5, 0.6) is 5.75 Å². The third kappa shape index (κ3) is 2.89. The lowest BCUT2D eigenvalue weighted by molar-refractivity contribution is 0.0599. The van der Waals surface area contributed by atoms with E-state index in [-0.39, 0.29) is 5.75 Å². The van der Waals surface area contributed by atoms with E-state index in [4.69, 9.17) is 4.74 Å². The van der Waals surface area contributed by atoms with E-state index >= 15 is 0 Å². The summed E-state index contributed by atoms with van der Waals surface area (Å²) in [5.41, 5.74) is 2.21. The molecule has 2 rings (SSSR count). The summed E-state index contributed by atoms with van der Waals surface area (Å²) >= 11 is 0. The number of esters is 1. The SMILES string of the molecule is COC(=O)c1cc(O)cc(N(C)C2CCCCC2)c1C. The van der Waals surface area contributed by atoms with Crippen LogP contribution < -0.4 is 4.90 Å². The molecule has 1 aliphatic carbocycles. The maximum absolute atomic E-state index is 11.8. The summed E-state index contributed by atoms with van der Waals surface area (Å²) in [5.74, 6) is -0.301. The van der Waals surface area contributed by atoms with Gasteiger partial charge in [-0.2, -0.15) is 0 Å². The standard InChI is InChI=1S/C16H23NO3/c1-11-14(16(19)20-3)9-13(18)10-15(11)17(2)12-7-5-4-6-8-12/h9-10,12,18H,4-8H2,1-3H3. The molecule has 4 nitrogen and oxygen atoms in total. The Bertz CT molecular complexity index is 493. The summed E-state index contributed by atoms with van der Waals surface area (Å²) in [6.07, 6.45) is 6.13. The van der Waals surface area contributed by atoms with Gasteiger partial charge in [-0.15, -0.1) is 0 Å². The highest BCUT2D eigenvalue weighted by Gasteiger charge is 2.22. The van der Waals surface area contributed by atoms with E-state index in [9.17, 15) is 9.90 Å². The van der Waals surface area contributed by atoms with Crippen molar-refractivity contribution in [1.29, 1.82) is 0 Å². The predicted octanol–water partition coefficient (Wildman–Crippen LogP) is 3.26. The number of carbonyl (C=O) groups excluding carboxylic acids is 1. The Kier molecular flexibility index (Phi) is 4.53. The van der Waals surface area contributed by atoms with Crippen molar-refractivity contribution in [2.45, 2.75) is 45.1 Å². The fourth-order valence-corrected chi connectivity index (χ4v) is 3.04. The van der Waals surface area contributed by atoms with Gasteiger partial charge in [-0.1, -0.05) is 19.3 Å². The van der Waals surface area contributed by atoms with Crippen molar-refractivity contribution in [2.75, 3.05) is 19.1 Å². The van der Waals surface area contributed by atoms with Crippen molar-refractivity contribution >= 4 is 11.7 Å². The first-order chi connectivity index (χ1) is 9.54. The number of methoxy groups -OCH3 is 1. The van der Waals surface area contributed by atoms with E-state index in [1.165, 1.54) is 45.3 Å². The van der Waals surface area contributed by atoms with E-state index in [1.807, 2.05) is 14.0 Å². The molecule has 1 aromatic carbocycles. The molecule has 1 saturated carbocycles. The molecule has 1 N–H and O–H groups in total. The lowest BCUT2D eigenvalue weighted by Gasteiger charge is -2.34. The molecule has 0 saturated heterocycles. The molecule has 0 aliphatic heterocycles. The number of nitrogens with zero attached hydrogens (tertiary/aromatic N) is 1. The number of anilines is 1. The number of rotatable bonds is 3. The number of benzene rings is 1. The van der Waals surface area contributed by atoms with Crippen LogP contribution in [0.1, 0.15) is 48.0 Å². The molecule has 0 radical (unpaired) electrons. The molecule has 0 aromatic heterocycles. The average molecular weight is 277 g/mol. The number of hydrogen-bond donors (Lipinski definition) is 1. The zero-order valence-electron chi connectivity index (χ0n) is 12.5. The van der Waals surface area contributed by atoms with Gasteiger partial charge < -0.3 is 14.7 Å². The van der Waals surface area contributed by atoms with Crippen LogP contribution in [0.4, 0.5) is 5.69 Å². The van der Waals surface area contributed by atoms with Gasteiger partial charge in [0.1, 0.15) is 5.75 Å². The topological polar surface area (TPSA) is 49.8 Å². The molecular formula is C16H23NO3. The highest BCUT2D eigenvalue weighted by Crippen LogP contribution is 2.32. The Labute approximate surface area is 120 Å². The van der Waals surface area contributed by atoms with Gasteiger partial charge in [0, 0.05) is 24.8 Å². The molecule has 1 aromatic rings. The molecule has 0 atom stereocenters. The van der Waals surface area contributed by atoms with Gasteiger partial charge in [0.05, 0.1) is 12.7 Å². The van der Waals surface area contributed by atoms with Crippen LogP contribution in [0.15, 0.2) is 12.1 Å². The van der Waals surface area contributed by atoms with E-state index in [1.54, 1.807) is 6.07 Å². The molecule has 0 amide bonds. The summed E-state index contributed by atoms with van der Waals surface area (Å²) < 4.78 is 4.78. The lowest BCUT2D eigenvalue weighted by Crippen LogP contribution is -2.34. The maximum Gasteiger partial charge on any atom is 0.338 e. The first-order valence-corrected chi connectivity index (χ1v) is 7.19. The quantitative estimate of drug-likeness (QED) is 0.862. The molecule has 0 heterocycles. The Balaban J connectivity index is 2.35. The summed E-state index contributed by atoms with van der Waals surface area (Å²) in [5, 5.41) is 9.88. The number of carbonyl (C=O) groups is 1. The third-order valence-electron chi connectivity index (χ3n) is 4.27. The van der Waals surface area contributed by atoms with Crippen molar-refractivity contribution in [3.8, 4) is 5.75 Å². The fourth-order valence-electron chi connectivity index (χ4n) is 3.04. The number of phenolic OH excluding ortho intramolecular Hbond substituents is 1. The fraction of sp³-hybridized carbons (Fsp3) is 0.562. The van der Waals surface area contributed by atoms with E-state index in [0.29, 0.717) is 11.6 Å². The monoisotopic (exact) mass is 277 g/mol. The van der Waals surface area contributed by atoms with Gasteiger partial charge >= 0.3 is 5.97 Å². The summed E-state index contributed by atoms with van der Waals surface area (Å²) in [6.45, 7) is 1.90. The minimum absolute atomic E-state index is 0.105. The Morgan fingerprint density at radius 1 is 1.30 bits per heavy atom. The maximum atomic E-state index is 11.8. The van der Waals surface area contributed by atoms with Crippen molar-refractivity contribution in [3.63, 3.8) is 0 Å². The first-order valence-electron chi connectivity index (χ1n) is 7.19. The van der Waals surface area contributed by atoms with Crippen molar-refractivity contribution < 1.29 is 14.6 Å². The van der Waals surface area contributed by atoms with Crippen LogP contribution in [-0.2, 0) is 4.74 Å².